The quantitative estimate of drug-likeness (QED) is 0.516. The molecule has 1 aliphatic rings. The SMILES string of the molecule is CCn1c(C2CCCN2C(=O)Nc2ccccc2Cn2cccn2)nc2ccccc21. The number of likely N-dealkylation sites (tertiary alicyclic amines) is 1. The molecule has 158 valence electrons. The van der Waals surface area contributed by atoms with Crippen molar-refractivity contribution >= 4 is 22.8 Å². The van der Waals surface area contributed by atoms with Gasteiger partial charge < -0.3 is 14.8 Å². The van der Waals surface area contributed by atoms with Gasteiger partial charge in [0.05, 0.1) is 23.6 Å². The van der Waals surface area contributed by atoms with E-state index in [2.05, 4.69) is 28.0 Å². The number of para-hydroxylation sites is 3. The molecule has 1 saturated heterocycles. The first-order valence-corrected chi connectivity index (χ1v) is 10.8. The van der Waals surface area contributed by atoms with Gasteiger partial charge >= 0.3 is 6.03 Å². The fourth-order valence-corrected chi connectivity index (χ4v) is 4.49. The summed E-state index contributed by atoms with van der Waals surface area (Å²) in [4.78, 5) is 20.2. The lowest BCUT2D eigenvalue weighted by Crippen LogP contribution is -2.35. The van der Waals surface area contributed by atoms with Crippen molar-refractivity contribution in [2.75, 3.05) is 11.9 Å². The normalized spacial score (nSPS) is 16.2. The van der Waals surface area contributed by atoms with Crippen LogP contribution in [0.3, 0.4) is 0 Å². The smallest absolute Gasteiger partial charge is 0.322 e. The number of aryl methyl sites for hydroxylation is 1. The maximum Gasteiger partial charge on any atom is 0.322 e. The van der Waals surface area contributed by atoms with Crippen molar-refractivity contribution in [1.29, 1.82) is 0 Å². The van der Waals surface area contributed by atoms with Crippen LogP contribution in [-0.4, -0.2) is 36.8 Å². The van der Waals surface area contributed by atoms with E-state index in [-0.39, 0.29) is 12.1 Å². The van der Waals surface area contributed by atoms with Gasteiger partial charge in [-0.05, 0) is 49.6 Å². The number of nitrogens with zero attached hydrogens (tertiary/aromatic N) is 5. The van der Waals surface area contributed by atoms with Crippen LogP contribution in [-0.2, 0) is 13.1 Å². The molecule has 1 fully saturated rings. The summed E-state index contributed by atoms with van der Waals surface area (Å²) in [6.45, 7) is 4.29. The molecule has 0 saturated carbocycles. The van der Waals surface area contributed by atoms with E-state index < -0.39 is 0 Å². The third-order valence-corrected chi connectivity index (χ3v) is 5.96. The average Bonchev–Trinajstić information content (AvgIpc) is 3.54. The zero-order valence-corrected chi connectivity index (χ0v) is 17.6. The van der Waals surface area contributed by atoms with E-state index in [0.717, 1.165) is 54.0 Å². The van der Waals surface area contributed by atoms with E-state index in [1.54, 1.807) is 6.20 Å². The molecule has 2 amide bonds. The summed E-state index contributed by atoms with van der Waals surface area (Å²) >= 11 is 0. The maximum absolute atomic E-state index is 13.3. The van der Waals surface area contributed by atoms with Gasteiger partial charge in [0, 0.05) is 31.2 Å². The Kier molecular flexibility index (Phi) is 5.16. The number of imidazole rings is 1. The highest BCUT2D eigenvalue weighted by Crippen LogP contribution is 2.34. The highest BCUT2D eigenvalue weighted by Gasteiger charge is 2.33. The monoisotopic (exact) mass is 414 g/mol. The molecule has 0 aliphatic carbocycles. The Morgan fingerprint density at radius 1 is 1.13 bits per heavy atom. The summed E-state index contributed by atoms with van der Waals surface area (Å²) in [5.41, 5.74) is 3.95. The number of hydrogen-bond donors (Lipinski definition) is 1. The van der Waals surface area contributed by atoms with Crippen molar-refractivity contribution in [3.63, 3.8) is 0 Å². The minimum atomic E-state index is -0.0786. The number of amides is 2. The summed E-state index contributed by atoms with van der Waals surface area (Å²) in [6.07, 6.45) is 5.58. The highest BCUT2D eigenvalue weighted by molar-refractivity contribution is 5.90. The van der Waals surface area contributed by atoms with Crippen molar-refractivity contribution in [3.05, 3.63) is 78.4 Å². The predicted molar refractivity (Wildman–Crippen MR) is 121 cm³/mol. The van der Waals surface area contributed by atoms with Gasteiger partial charge in [-0.15, -0.1) is 0 Å². The molecular weight excluding hydrogens is 388 g/mol. The Hall–Kier alpha value is -3.61. The lowest BCUT2D eigenvalue weighted by molar-refractivity contribution is 0.204. The van der Waals surface area contributed by atoms with Gasteiger partial charge in [-0.25, -0.2) is 9.78 Å². The highest BCUT2D eigenvalue weighted by atomic mass is 16.2. The zero-order chi connectivity index (χ0) is 21.2. The fraction of sp³-hybridized carbons (Fsp3) is 0.292. The third-order valence-electron chi connectivity index (χ3n) is 5.96. The van der Waals surface area contributed by atoms with Crippen molar-refractivity contribution in [3.8, 4) is 0 Å². The summed E-state index contributed by atoms with van der Waals surface area (Å²) in [5, 5.41) is 7.43. The lowest BCUT2D eigenvalue weighted by Gasteiger charge is -2.25. The minimum absolute atomic E-state index is 0.0226. The van der Waals surface area contributed by atoms with Gasteiger partial charge in [-0.3, -0.25) is 4.68 Å². The minimum Gasteiger partial charge on any atom is -0.327 e. The van der Waals surface area contributed by atoms with Gasteiger partial charge in [0.25, 0.3) is 0 Å². The second-order valence-electron chi connectivity index (χ2n) is 7.85. The molecule has 7 heteroatoms. The summed E-state index contributed by atoms with van der Waals surface area (Å²) in [7, 11) is 0. The van der Waals surface area contributed by atoms with Crippen LogP contribution in [0.25, 0.3) is 11.0 Å². The number of fused-ring (bicyclic) bond motifs is 1. The van der Waals surface area contributed by atoms with Crippen LogP contribution in [0.2, 0.25) is 0 Å². The molecule has 0 radical (unpaired) electrons. The molecule has 1 atom stereocenters. The molecule has 1 aliphatic heterocycles. The molecule has 3 heterocycles. The molecule has 0 spiro atoms. The molecule has 1 unspecified atom stereocenters. The van der Waals surface area contributed by atoms with Crippen LogP contribution in [0.1, 0.15) is 37.2 Å². The molecule has 2 aromatic heterocycles. The van der Waals surface area contributed by atoms with E-state index in [0.29, 0.717) is 6.54 Å². The Morgan fingerprint density at radius 3 is 2.81 bits per heavy atom. The summed E-state index contributed by atoms with van der Waals surface area (Å²) < 4.78 is 4.09. The standard InChI is InChI=1S/C24H26N6O/c1-2-29-21-12-6-5-11-20(21)26-23(29)22-13-7-16-30(22)24(31)27-19-10-4-3-9-18(19)17-28-15-8-14-25-28/h3-6,8-12,14-15,22H,2,7,13,16-17H2,1H3,(H,27,31). The Labute approximate surface area is 181 Å². The number of carbonyl (C=O) groups is 1. The predicted octanol–water partition coefficient (Wildman–Crippen LogP) is 4.67. The number of anilines is 1. The van der Waals surface area contributed by atoms with Crippen LogP contribution in [0.4, 0.5) is 10.5 Å². The van der Waals surface area contributed by atoms with Crippen molar-refractivity contribution in [2.24, 2.45) is 0 Å². The van der Waals surface area contributed by atoms with Gasteiger partial charge in [0.1, 0.15) is 5.82 Å². The number of carbonyl (C=O) groups excluding carboxylic acids is 1. The summed E-state index contributed by atoms with van der Waals surface area (Å²) in [6, 6.07) is 17.9. The maximum atomic E-state index is 13.3. The number of rotatable bonds is 5. The first-order valence-electron chi connectivity index (χ1n) is 10.8. The molecule has 7 nitrogen and oxygen atoms in total. The van der Waals surface area contributed by atoms with Crippen LogP contribution in [0.5, 0.6) is 0 Å². The first-order chi connectivity index (χ1) is 15.2. The zero-order valence-electron chi connectivity index (χ0n) is 17.6. The first kappa shape index (κ1) is 19.4. The Morgan fingerprint density at radius 2 is 1.97 bits per heavy atom. The van der Waals surface area contributed by atoms with Crippen LogP contribution in [0, 0.1) is 0 Å². The topological polar surface area (TPSA) is 68.0 Å². The number of nitrogens with one attached hydrogen (secondary N) is 1. The van der Waals surface area contributed by atoms with Crippen molar-refractivity contribution in [1.82, 2.24) is 24.2 Å². The Balaban J connectivity index is 1.40. The van der Waals surface area contributed by atoms with E-state index in [1.165, 1.54) is 0 Å². The number of benzene rings is 2. The number of hydrogen-bond acceptors (Lipinski definition) is 3. The molecule has 4 aromatic rings. The van der Waals surface area contributed by atoms with E-state index in [1.807, 2.05) is 64.3 Å². The van der Waals surface area contributed by atoms with E-state index >= 15 is 0 Å². The van der Waals surface area contributed by atoms with Crippen molar-refractivity contribution < 1.29 is 4.79 Å². The van der Waals surface area contributed by atoms with Crippen molar-refractivity contribution in [2.45, 2.75) is 38.9 Å². The second-order valence-corrected chi connectivity index (χ2v) is 7.85. The molecule has 5 rings (SSSR count). The van der Waals surface area contributed by atoms with E-state index in [9.17, 15) is 4.79 Å². The Bertz CT molecular complexity index is 1200. The largest absolute Gasteiger partial charge is 0.327 e. The van der Waals surface area contributed by atoms with Crippen LogP contribution < -0.4 is 5.32 Å². The van der Waals surface area contributed by atoms with Crippen LogP contribution in [0.15, 0.2) is 67.0 Å². The molecule has 2 aromatic carbocycles. The lowest BCUT2D eigenvalue weighted by atomic mass is 10.1. The fourth-order valence-electron chi connectivity index (χ4n) is 4.49. The molecule has 31 heavy (non-hydrogen) atoms. The average molecular weight is 415 g/mol. The van der Waals surface area contributed by atoms with Gasteiger partial charge in [0.15, 0.2) is 0 Å². The summed E-state index contributed by atoms with van der Waals surface area (Å²) in [5.74, 6) is 0.973. The number of urea groups is 1. The van der Waals surface area contributed by atoms with Gasteiger partial charge in [-0.2, -0.15) is 5.10 Å². The van der Waals surface area contributed by atoms with Gasteiger partial charge in [0.2, 0.25) is 0 Å². The molecule has 0 bridgehead atoms. The molecular formula is C24H26N6O. The van der Waals surface area contributed by atoms with Gasteiger partial charge in [-0.1, -0.05) is 30.3 Å². The van der Waals surface area contributed by atoms with E-state index in [4.69, 9.17) is 4.98 Å². The second kappa shape index (κ2) is 8.26. The molecule has 1 N–H and O–H groups in total. The van der Waals surface area contributed by atoms with Crippen LogP contribution >= 0.6 is 0 Å². The third kappa shape index (κ3) is 3.67. The number of aromatic nitrogens is 4.